The topological polar surface area (TPSA) is 54.9 Å². The number of carbonyl (C=O) groups excluding carboxylic acids is 1. The molecule has 126 valence electrons. The maximum absolute atomic E-state index is 12.5. The van der Waals surface area contributed by atoms with Gasteiger partial charge in [-0.3, -0.25) is 9.78 Å². The molecule has 0 N–H and O–H groups in total. The second-order valence-corrected chi connectivity index (χ2v) is 5.56. The number of carbonyl (C=O) groups is 1. The van der Waals surface area contributed by atoms with Crippen molar-refractivity contribution in [2.24, 2.45) is 0 Å². The van der Waals surface area contributed by atoms with Gasteiger partial charge in [-0.2, -0.15) is 0 Å². The van der Waals surface area contributed by atoms with Gasteiger partial charge in [-0.25, -0.2) is 0 Å². The summed E-state index contributed by atoms with van der Waals surface area (Å²) in [6.07, 6.45) is 3.28. The van der Waals surface area contributed by atoms with Gasteiger partial charge in [0.1, 0.15) is 11.5 Å². The van der Waals surface area contributed by atoms with Crippen LogP contribution in [0.4, 0.5) is 5.69 Å². The molecule has 1 aliphatic heterocycles. The highest BCUT2D eigenvalue weighted by atomic mass is 16.5. The van der Waals surface area contributed by atoms with E-state index in [0.29, 0.717) is 18.7 Å². The van der Waals surface area contributed by atoms with Crippen LogP contribution in [0.3, 0.4) is 0 Å². The third kappa shape index (κ3) is 3.27. The Morgan fingerprint density at radius 1 is 1.08 bits per heavy atom. The van der Waals surface area contributed by atoms with Gasteiger partial charge in [-0.15, -0.1) is 0 Å². The van der Waals surface area contributed by atoms with Crippen molar-refractivity contribution in [2.45, 2.75) is 0 Å². The van der Waals surface area contributed by atoms with Gasteiger partial charge in [0.2, 0.25) is 0 Å². The molecule has 1 saturated heterocycles. The number of rotatable bonds is 4. The van der Waals surface area contributed by atoms with Crippen molar-refractivity contribution < 1.29 is 14.3 Å². The molecule has 0 saturated carbocycles. The van der Waals surface area contributed by atoms with Gasteiger partial charge >= 0.3 is 0 Å². The number of piperazine rings is 1. The van der Waals surface area contributed by atoms with E-state index >= 15 is 0 Å². The quantitative estimate of drug-likeness (QED) is 0.860. The average Bonchev–Trinajstić information content (AvgIpc) is 2.67. The van der Waals surface area contributed by atoms with E-state index in [2.05, 4.69) is 9.88 Å². The van der Waals surface area contributed by atoms with Crippen molar-refractivity contribution in [1.82, 2.24) is 9.88 Å². The first-order valence-corrected chi connectivity index (χ1v) is 7.89. The van der Waals surface area contributed by atoms with Crippen LogP contribution in [-0.2, 0) is 0 Å². The minimum atomic E-state index is 0.0281. The Kier molecular flexibility index (Phi) is 4.84. The molecule has 1 amide bonds. The fourth-order valence-corrected chi connectivity index (χ4v) is 2.87. The largest absolute Gasteiger partial charge is 0.497 e. The number of ether oxygens (including phenoxy) is 2. The summed E-state index contributed by atoms with van der Waals surface area (Å²) in [5.41, 5.74) is 1.62. The summed E-state index contributed by atoms with van der Waals surface area (Å²) in [5.74, 6) is 1.63. The van der Waals surface area contributed by atoms with E-state index in [1.807, 2.05) is 23.1 Å². The summed E-state index contributed by atoms with van der Waals surface area (Å²) in [5, 5.41) is 0. The van der Waals surface area contributed by atoms with Crippen LogP contribution in [0.25, 0.3) is 0 Å². The number of anilines is 1. The summed E-state index contributed by atoms with van der Waals surface area (Å²) in [4.78, 5) is 20.6. The highest BCUT2D eigenvalue weighted by molar-refractivity contribution is 5.94. The molecular formula is C18H21N3O3. The molecule has 0 aliphatic carbocycles. The Hall–Kier alpha value is -2.76. The normalized spacial score (nSPS) is 14.4. The molecule has 1 aliphatic rings. The molecule has 1 aromatic carbocycles. The first-order valence-electron chi connectivity index (χ1n) is 7.89. The van der Waals surface area contributed by atoms with Crippen LogP contribution in [-0.4, -0.2) is 56.2 Å². The average molecular weight is 327 g/mol. The predicted octanol–water partition coefficient (Wildman–Crippen LogP) is 2.06. The van der Waals surface area contributed by atoms with Crippen LogP contribution in [0.15, 0.2) is 42.7 Å². The fourth-order valence-electron chi connectivity index (χ4n) is 2.87. The molecular weight excluding hydrogens is 306 g/mol. The van der Waals surface area contributed by atoms with Crippen molar-refractivity contribution in [3.63, 3.8) is 0 Å². The van der Waals surface area contributed by atoms with Crippen molar-refractivity contribution in [3.05, 3.63) is 48.3 Å². The van der Waals surface area contributed by atoms with Gasteiger partial charge < -0.3 is 19.3 Å². The van der Waals surface area contributed by atoms with Crippen molar-refractivity contribution in [2.75, 3.05) is 45.3 Å². The lowest BCUT2D eigenvalue weighted by Crippen LogP contribution is -2.48. The highest BCUT2D eigenvalue weighted by Gasteiger charge is 2.24. The zero-order valence-corrected chi connectivity index (χ0v) is 13.9. The monoisotopic (exact) mass is 327 g/mol. The number of methoxy groups -OCH3 is 2. The molecule has 6 heteroatoms. The second kappa shape index (κ2) is 7.21. The van der Waals surface area contributed by atoms with Crippen molar-refractivity contribution in [3.8, 4) is 11.5 Å². The summed E-state index contributed by atoms with van der Waals surface area (Å²) in [6.45, 7) is 2.81. The Balaban J connectivity index is 1.70. The summed E-state index contributed by atoms with van der Waals surface area (Å²) in [7, 11) is 3.31. The van der Waals surface area contributed by atoms with E-state index in [4.69, 9.17) is 9.47 Å². The van der Waals surface area contributed by atoms with E-state index in [1.165, 1.54) is 0 Å². The van der Waals surface area contributed by atoms with Gasteiger partial charge in [0.15, 0.2) is 0 Å². The fraction of sp³-hybridized carbons (Fsp3) is 0.333. The highest BCUT2D eigenvalue weighted by Crippen LogP contribution is 2.32. The molecule has 0 spiro atoms. The van der Waals surface area contributed by atoms with Crippen LogP contribution in [0.2, 0.25) is 0 Å². The third-order valence-corrected chi connectivity index (χ3v) is 4.20. The molecule has 6 nitrogen and oxygen atoms in total. The summed E-state index contributed by atoms with van der Waals surface area (Å²) >= 11 is 0. The van der Waals surface area contributed by atoms with Gasteiger partial charge in [0.05, 0.1) is 25.5 Å². The molecule has 0 atom stereocenters. The van der Waals surface area contributed by atoms with E-state index in [0.717, 1.165) is 30.3 Å². The number of nitrogens with zero attached hydrogens (tertiary/aromatic N) is 3. The molecule has 24 heavy (non-hydrogen) atoms. The molecule has 1 aromatic heterocycles. The van der Waals surface area contributed by atoms with Crippen molar-refractivity contribution >= 4 is 11.6 Å². The molecule has 0 unspecified atom stereocenters. The molecule has 0 bridgehead atoms. The molecule has 3 rings (SSSR count). The van der Waals surface area contributed by atoms with Crippen LogP contribution in [0.1, 0.15) is 10.4 Å². The van der Waals surface area contributed by atoms with Crippen LogP contribution in [0, 0.1) is 0 Å². The van der Waals surface area contributed by atoms with Crippen LogP contribution < -0.4 is 14.4 Å². The number of aromatic nitrogens is 1. The van der Waals surface area contributed by atoms with Crippen LogP contribution >= 0.6 is 0 Å². The van der Waals surface area contributed by atoms with E-state index < -0.39 is 0 Å². The summed E-state index contributed by atoms with van der Waals surface area (Å²) in [6, 6.07) is 9.33. The maximum atomic E-state index is 12.5. The molecule has 1 fully saturated rings. The smallest absolute Gasteiger partial charge is 0.255 e. The minimum absolute atomic E-state index is 0.0281. The minimum Gasteiger partial charge on any atom is -0.497 e. The predicted molar refractivity (Wildman–Crippen MR) is 91.9 cm³/mol. The maximum Gasteiger partial charge on any atom is 0.255 e. The van der Waals surface area contributed by atoms with Gasteiger partial charge in [0.25, 0.3) is 5.91 Å². The van der Waals surface area contributed by atoms with Gasteiger partial charge in [0, 0.05) is 44.6 Å². The number of hydrogen-bond acceptors (Lipinski definition) is 5. The SMILES string of the molecule is COc1ccc(OC)c(N2CCN(C(=O)c3cccnc3)CC2)c1. The second-order valence-electron chi connectivity index (χ2n) is 5.56. The number of benzene rings is 1. The number of amides is 1. The first-order chi connectivity index (χ1) is 11.7. The van der Waals surface area contributed by atoms with E-state index in [-0.39, 0.29) is 5.91 Å². The Labute approximate surface area is 141 Å². The van der Waals surface area contributed by atoms with E-state index in [1.54, 1.807) is 38.7 Å². The zero-order chi connectivity index (χ0) is 16.9. The molecule has 2 aromatic rings. The van der Waals surface area contributed by atoms with Gasteiger partial charge in [-0.05, 0) is 24.3 Å². The third-order valence-electron chi connectivity index (χ3n) is 4.20. The van der Waals surface area contributed by atoms with Crippen molar-refractivity contribution in [1.29, 1.82) is 0 Å². The summed E-state index contributed by atoms with van der Waals surface area (Å²) < 4.78 is 10.8. The van der Waals surface area contributed by atoms with Crippen LogP contribution in [0.5, 0.6) is 11.5 Å². The Morgan fingerprint density at radius 2 is 1.88 bits per heavy atom. The number of hydrogen-bond donors (Lipinski definition) is 0. The first kappa shape index (κ1) is 16.1. The zero-order valence-electron chi connectivity index (χ0n) is 13.9. The lowest BCUT2D eigenvalue weighted by atomic mass is 10.2. The molecule has 2 heterocycles. The van der Waals surface area contributed by atoms with Gasteiger partial charge in [-0.1, -0.05) is 0 Å². The lowest BCUT2D eigenvalue weighted by Gasteiger charge is -2.36. The standard InChI is InChI=1S/C18H21N3O3/c1-23-15-5-6-17(24-2)16(12-15)20-8-10-21(11-9-20)18(22)14-4-3-7-19-13-14/h3-7,12-13H,8-11H2,1-2H3. The number of pyridine rings is 1. The Bertz CT molecular complexity index is 698. The molecule has 0 radical (unpaired) electrons. The van der Waals surface area contributed by atoms with E-state index in [9.17, 15) is 4.79 Å². The Morgan fingerprint density at radius 3 is 2.50 bits per heavy atom. The lowest BCUT2D eigenvalue weighted by molar-refractivity contribution is 0.0746.